The zero-order valence-corrected chi connectivity index (χ0v) is 19.0. The Morgan fingerprint density at radius 3 is 2.62 bits per heavy atom. The third-order valence-corrected chi connectivity index (χ3v) is 5.92. The Bertz CT molecular complexity index is 706. The van der Waals surface area contributed by atoms with Crippen molar-refractivity contribution in [1.29, 1.82) is 0 Å². The van der Waals surface area contributed by atoms with Gasteiger partial charge in [0.2, 0.25) is 0 Å². The summed E-state index contributed by atoms with van der Waals surface area (Å²) in [6.45, 7) is 12.3. The highest BCUT2D eigenvalue weighted by atomic mass is 16.6. The number of aliphatic hydroxyl groups excluding tert-OH is 1. The molecule has 162 valence electrons. The van der Waals surface area contributed by atoms with Crippen molar-refractivity contribution in [1.82, 2.24) is 0 Å². The minimum Gasteiger partial charge on any atom is -0.452 e. The van der Waals surface area contributed by atoms with Crippen LogP contribution in [0, 0.1) is 5.41 Å². The normalized spacial score (nSPS) is 34.5. The van der Waals surface area contributed by atoms with E-state index in [9.17, 15) is 9.90 Å². The Morgan fingerprint density at radius 2 is 2.00 bits per heavy atom. The second-order valence-corrected chi connectivity index (χ2v) is 9.47. The van der Waals surface area contributed by atoms with Crippen molar-refractivity contribution >= 4 is 5.97 Å². The number of hydrogen-bond acceptors (Lipinski definition) is 4. The molecule has 4 atom stereocenters. The maximum Gasteiger partial charge on any atom is 0.331 e. The molecule has 29 heavy (non-hydrogen) atoms. The fraction of sp³-hybridized carbons (Fsp3) is 0.640. The molecular weight excluding hydrogens is 364 g/mol. The zero-order valence-electron chi connectivity index (χ0n) is 19.0. The first kappa shape index (κ1) is 23.6. The van der Waals surface area contributed by atoms with Crippen molar-refractivity contribution in [3.63, 3.8) is 0 Å². The van der Waals surface area contributed by atoms with Gasteiger partial charge in [-0.2, -0.15) is 0 Å². The van der Waals surface area contributed by atoms with E-state index in [1.54, 1.807) is 0 Å². The molecular formula is C25H38O4. The third kappa shape index (κ3) is 6.97. The topological polar surface area (TPSA) is 59.1 Å². The van der Waals surface area contributed by atoms with Crippen LogP contribution in [0.2, 0.25) is 0 Å². The predicted octanol–water partition coefficient (Wildman–Crippen LogP) is 5.43. The second kappa shape index (κ2) is 9.90. The Labute approximate surface area is 176 Å². The van der Waals surface area contributed by atoms with Gasteiger partial charge in [0.15, 0.2) is 6.10 Å². The first-order valence-electron chi connectivity index (χ1n) is 10.7. The molecule has 4 heteroatoms. The lowest BCUT2D eigenvalue weighted by Gasteiger charge is -2.26. The van der Waals surface area contributed by atoms with Crippen LogP contribution in [-0.2, 0) is 14.3 Å². The van der Waals surface area contributed by atoms with Crippen molar-refractivity contribution in [3.05, 3.63) is 47.1 Å². The molecule has 0 amide bonds. The summed E-state index contributed by atoms with van der Waals surface area (Å²) in [7, 11) is 0. The Hall–Kier alpha value is -1.65. The maximum atomic E-state index is 12.3. The summed E-state index contributed by atoms with van der Waals surface area (Å²) in [4.78, 5) is 12.3. The van der Waals surface area contributed by atoms with Gasteiger partial charge in [-0.05, 0) is 83.8 Å². The number of hydrogen-bond donors (Lipinski definition) is 1. The largest absolute Gasteiger partial charge is 0.452 e. The van der Waals surface area contributed by atoms with Gasteiger partial charge in [0.1, 0.15) is 5.60 Å². The minimum absolute atomic E-state index is 0.0293. The number of aliphatic hydroxyl groups is 1. The molecule has 1 fully saturated rings. The number of ether oxygens (including phenoxy) is 2. The predicted molar refractivity (Wildman–Crippen MR) is 118 cm³/mol. The van der Waals surface area contributed by atoms with Gasteiger partial charge < -0.3 is 14.6 Å². The third-order valence-electron chi connectivity index (χ3n) is 5.92. The van der Waals surface area contributed by atoms with E-state index in [1.165, 1.54) is 11.6 Å². The van der Waals surface area contributed by atoms with Crippen LogP contribution in [0.3, 0.4) is 0 Å². The van der Waals surface area contributed by atoms with Crippen LogP contribution in [0.4, 0.5) is 0 Å². The van der Waals surface area contributed by atoms with Gasteiger partial charge in [0.25, 0.3) is 0 Å². The Morgan fingerprint density at radius 1 is 1.28 bits per heavy atom. The number of esters is 1. The molecule has 0 aromatic rings. The van der Waals surface area contributed by atoms with Crippen molar-refractivity contribution < 1.29 is 19.4 Å². The fourth-order valence-corrected chi connectivity index (χ4v) is 3.81. The highest BCUT2D eigenvalue weighted by Gasteiger charge is 2.58. The molecule has 1 N–H and O–H groups in total. The van der Waals surface area contributed by atoms with E-state index in [-0.39, 0.29) is 24.1 Å². The highest BCUT2D eigenvalue weighted by molar-refractivity contribution is 5.83. The zero-order chi connectivity index (χ0) is 21.7. The van der Waals surface area contributed by atoms with Gasteiger partial charge in [-0.25, -0.2) is 4.79 Å². The van der Waals surface area contributed by atoms with Crippen LogP contribution in [0.5, 0.6) is 0 Å². The number of epoxide rings is 1. The van der Waals surface area contributed by atoms with Gasteiger partial charge in [-0.3, -0.25) is 0 Å². The minimum atomic E-state index is -0.507. The molecule has 0 radical (unpaired) electrons. The molecule has 1 aliphatic carbocycles. The summed E-state index contributed by atoms with van der Waals surface area (Å²) < 4.78 is 11.8. The summed E-state index contributed by atoms with van der Waals surface area (Å²) in [5, 5.41) is 9.77. The number of rotatable bonds is 6. The van der Waals surface area contributed by atoms with Crippen LogP contribution >= 0.6 is 0 Å². The molecule has 0 spiro atoms. The van der Waals surface area contributed by atoms with Crippen molar-refractivity contribution in [3.8, 4) is 0 Å². The smallest absolute Gasteiger partial charge is 0.331 e. The Balaban J connectivity index is 2.30. The van der Waals surface area contributed by atoms with Gasteiger partial charge in [-0.15, -0.1) is 0 Å². The molecule has 1 saturated heterocycles. The summed E-state index contributed by atoms with van der Waals surface area (Å²) >= 11 is 0. The van der Waals surface area contributed by atoms with E-state index in [0.717, 1.165) is 43.3 Å². The molecule has 0 aromatic heterocycles. The van der Waals surface area contributed by atoms with Crippen LogP contribution in [0.15, 0.2) is 47.1 Å². The van der Waals surface area contributed by atoms with Gasteiger partial charge >= 0.3 is 5.97 Å². The van der Waals surface area contributed by atoms with Crippen LogP contribution in [0.1, 0.15) is 73.6 Å². The maximum absolute atomic E-state index is 12.3. The molecule has 0 unspecified atom stereocenters. The lowest BCUT2D eigenvalue weighted by atomic mass is 9.80. The lowest BCUT2D eigenvalue weighted by molar-refractivity contribution is -0.143. The second-order valence-electron chi connectivity index (χ2n) is 9.47. The van der Waals surface area contributed by atoms with Gasteiger partial charge in [0, 0.05) is 6.08 Å². The molecule has 2 aliphatic rings. The highest BCUT2D eigenvalue weighted by Crippen LogP contribution is 2.45. The van der Waals surface area contributed by atoms with E-state index in [0.29, 0.717) is 0 Å². The lowest BCUT2D eigenvalue weighted by Crippen LogP contribution is -2.32. The molecule has 4 nitrogen and oxygen atoms in total. The van der Waals surface area contributed by atoms with Crippen molar-refractivity contribution in [2.24, 2.45) is 5.41 Å². The number of allylic oxidation sites excluding steroid dienone is 5. The first-order chi connectivity index (χ1) is 13.6. The Kier molecular flexibility index (Phi) is 8.07. The summed E-state index contributed by atoms with van der Waals surface area (Å²) in [5.41, 5.74) is 2.70. The molecule has 0 saturated carbocycles. The van der Waals surface area contributed by atoms with Gasteiger partial charge in [0.05, 0.1) is 12.7 Å². The standard InChI is InChI=1S/C25H38O4/c1-18(2)8-7-13-24(5)14-11-20(17-26)9-10-22-25(6,29-22)21(12-15-24)28-23(27)16-19(3)4/h8,11-12,15-16,21-22,26H,7,9-10,13-14,17H2,1-6H3/b15-12+,20-11+/t21-,22-,24+,25+/m1/s1. The number of fused-ring (bicyclic) bond motifs is 1. The SMILES string of the molecule is CC(C)=CCC[C@]1(C)/C=C/[C@@H](OC(=O)C=C(C)C)[C@]2(C)O[C@@H]2CC/C(CO)=C\C1. The monoisotopic (exact) mass is 402 g/mol. The summed E-state index contributed by atoms with van der Waals surface area (Å²) in [6.07, 6.45) is 14.2. The van der Waals surface area contributed by atoms with Gasteiger partial charge in [-0.1, -0.05) is 36.3 Å². The van der Waals surface area contributed by atoms with Crippen LogP contribution in [-0.4, -0.2) is 35.5 Å². The van der Waals surface area contributed by atoms with E-state index in [4.69, 9.17) is 9.47 Å². The van der Waals surface area contributed by atoms with Crippen LogP contribution in [0.25, 0.3) is 0 Å². The summed E-state index contributed by atoms with van der Waals surface area (Å²) in [6, 6.07) is 0. The van der Waals surface area contributed by atoms with Crippen molar-refractivity contribution in [2.45, 2.75) is 91.5 Å². The molecule has 0 bridgehead atoms. The van der Waals surface area contributed by atoms with E-state index < -0.39 is 11.7 Å². The molecule has 0 aromatic carbocycles. The van der Waals surface area contributed by atoms with Crippen LogP contribution < -0.4 is 0 Å². The van der Waals surface area contributed by atoms with Crippen molar-refractivity contribution in [2.75, 3.05) is 6.61 Å². The molecule has 1 aliphatic heterocycles. The fourth-order valence-electron chi connectivity index (χ4n) is 3.81. The van der Waals surface area contributed by atoms with E-state index in [2.05, 4.69) is 39.0 Å². The van der Waals surface area contributed by atoms with E-state index in [1.807, 2.05) is 26.8 Å². The number of carbonyl (C=O) groups is 1. The molecule has 2 rings (SSSR count). The number of carbonyl (C=O) groups excluding carboxylic acids is 1. The summed E-state index contributed by atoms with van der Waals surface area (Å²) in [5.74, 6) is -0.328. The quantitative estimate of drug-likeness (QED) is 0.278. The van der Waals surface area contributed by atoms with E-state index >= 15 is 0 Å². The average molecular weight is 403 g/mol. The average Bonchev–Trinajstić information content (AvgIpc) is 3.28. The molecule has 1 heterocycles. The first-order valence-corrected chi connectivity index (χ1v) is 10.7.